The Balaban J connectivity index is 1.97. The second kappa shape index (κ2) is 7.66. The molecule has 3 aromatic rings. The predicted octanol–water partition coefficient (Wildman–Crippen LogP) is 4.45. The highest BCUT2D eigenvalue weighted by Gasteiger charge is 2.21. The van der Waals surface area contributed by atoms with E-state index in [1.54, 1.807) is 18.2 Å². The van der Waals surface area contributed by atoms with Crippen LogP contribution in [0.25, 0.3) is 10.9 Å². The Bertz CT molecular complexity index is 1000. The van der Waals surface area contributed by atoms with E-state index >= 15 is 0 Å². The van der Waals surface area contributed by atoms with E-state index in [4.69, 9.17) is 9.47 Å². The van der Waals surface area contributed by atoms with Crippen molar-refractivity contribution in [3.05, 3.63) is 75.4 Å². The summed E-state index contributed by atoms with van der Waals surface area (Å²) in [5.41, 5.74) is 2.57. The molecule has 5 nitrogen and oxygen atoms in total. The first kappa shape index (κ1) is 18.1. The van der Waals surface area contributed by atoms with Crippen molar-refractivity contribution in [2.45, 2.75) is 13.5 Å². The zero-order valence-corrected chi connectivity index (χ0v) is 15.9. The van der Waals surface area contributed by atoms with Crippen LogP contribution in [-0.4, -0.2) is 24.0 Å². The van der Waals surface area contributed by atoms with Gasteiger partial charge in [-0.25, -0.2) is 14.6 Å². The van der Waals surface area contributed by atoms with E-state index in [9.17, 15) is 9.59 Å². The lowest BCUT2D eigenvalue weighted by Gasteiger charge is -2.13. The number of carbonyl (C=O) groups is 2. The Morgan fingerprint density at radius 2 is 1.73 bits per heavy atom. The second-order valence-electron chi connectivity index (χ2n) is 5.62. The number of fused-ring (bicyclic) bond motifs is 1. The van der Waals surface area contributed by atoms with E-state index in [-0.39, 0.29) is 6.61 Å². The van der Waals surface area contributed by atoms with Gasteiger partial charge in [0.15, 0.2) is 0 Å². The fourth-order valence-corrected chi connectivity index (χ4v) is 3.20. The Morgan fingerprint density at radius 3 is 2.46 bits per heavy atom. The minimum Gasteiger partial charge on any atom is -0.465 e. The smallest absolute Gasteiger partial charge is 0.340 e. The number of hydrogen-bond donors (Lipinski definition) is 0. The molecule has 1 aromatic heterocycles. The van der Waals surface area contributed by atoms with Gasteiger partial charge < -0.3 is 9.47 Å². The number of para-hydroxylation sites is 1. The number of aromatic nitrogens is 1. The average Bonchev–Trinajstić information content (AvgIpc) is 2.66. The predicted molar refractivity (Wildman–Crippen MR) is 101 cm³/mol. The fraction of sp³-hybridized carbons (Fsp3) is 0.150. The lowest BCUT2D eigenvalue weighted by atomic mass is 10.0. The summed E-state index contributed by atoms with van der Waals surface area (Å²) in [6, 6.07) is 14.5. The highest BCUT2D eigenvalue weighted by atomic mass is 79.9. The maximum Gasteiger partial charge on any atom is 0.340 e. The molecule has 0 bridgehead atoms. The van der Waals surface area contributed by atoms with Crippen molar-refractivity contribution in [2.24, 2.45) is 0 Å². The molecule has 0 aliphatic heterocycles. The zero-order chi connectivity index (χ0) is 18.7. The average molecular weight is 414 g/mol. The van der Waals surface area contributed by atoms with Crippen LogP contribution < -0.4 is 0 Å². The van der Waals surface area contributed by atoms with E-state index < -0.39 is 11.9 Å². The Hall–Kier alpha value is -2.73. The quantitative estimate of drug-likeness (QED) is 0.591. The monoisotopic (exact) mass is 413 g/mol. The number of ether oxygens (including phenoxy) is 2. The van der Waals surface area contributed by atoms with Crippen molar-refractivity contribution in [3.8, 4) is 0 Å². The molecule has 0 saturated carbocycles. The molecule has 0 radical (unpaired) electrons. The van der Waals surface area contributed by atoms with E-state index in [1.807, 2.05) is 37.3 Å². The number of aryl methyl sites for hydroxylation is 1. The number of carbonyl (C=O) groups excluding carboxylic acids is 2. The Labute approximate surface area is 159 Å². The molecule has 0 amide bonds. The Kier molecular flexibility index (Phi) is 5.32. The molecule has 0 saturated heterocycles. The summed E-state index contributed by atoms with van der Waals surface area (Å²) in [5, 5.41) is 0.855. The molecule has 3 rings (SSSR count). The van der Waals surface area contributed by atoms with Crippen molar-refractivity contribution in [3.63, 3.8) is 0 Å². The van der Waals surface area contributed by atoms with E-state index in [0.29, 0.717) is 21.3 Å². The van der Waals surface area contributed by atoms with E-state index in [0.717, 1.165) is 16.5 Å². The van der Waals surface area contributed by atoms with Crippen LogP contribution in [0, 0.1) is 6.92 Å². The van der Waals surface area contributed by atoms with Gasteiger partial charge in [0.25, 0.3) is 0 Å². The standard InChI is InChI=1S/C20H16BrNO4/c1-12-13-7-4-6-10-16(13)22-17(18(12)20(24)25-2)11-26-19(23)14-8-3-5-9-15(14)21/h3-10H,11H2,1-2H3. The van der Waals surface area contributed by atoms with Crippen LogP contribution in [0.1, 0.15) is 32.0 Å². The van der Waals surface area contributed by atoms with Crippen molar-refractivity contribution in [1.82, 2.24) is 4.98 Å². The first-order valence-corrected chi connectivity index (χ1v) is 8.70. The van der Waals surface area contributed by atoms with Crippen LogP contribution in [0.3, 0.4) is 0 Å². The van der Waals surface area contributed by atoms with Crippen LogP contribution >= 0.6 is 15.9 Å². The molecule has 26 heavy (non-hydrogen) atoms. The SMILES string of the molecule is COC(=O)c1c(COC(=O)c2ccccc2Br)nc2ccccc2c1C. The maximum atomic E-state index is 12.3. The van der Waals surface area contributed by atoms with Gasteiger partial charge in [-0.05, 0) is 46.6 Å². The first-order chi connectivity index (χ1) is 12.5. The highest BCUT2D eigenvalue weighted by molar-refractivity contribution is 9.10. The number of rotatable bonds is 4. The minimum absolute atomic E-state index is 0.129. The number of benzene rings is 2. The minimum atomic E-state index is -0.507. The van der Waals surface area contributed by atoms with Crippen LogP contribution in [0.4, 0.5) is 0 Å². The van der Waals surface area contributed by atoms with Gasteiger partial charge in [-0.3, -0.25) is 0 Å². The molecule has 0 unspecified atom stereocenters. The van der Waals surface area contributed by atoms with Crippen molar-refractivity contribution < 1.29 is 19.1 Å². The van der Waals surface area contributed by atoms with Gasteiger partial charge in [-0.2, -0.15) is 0 Å². The van der Waals surface area contributed by atoms with E-state index in [1.165, 1.54) is 7.11 Å². The zero-order valence-electron chi connectivity index (χ0n) is 14.3. The summed E-state index contributed by atoms with van der Waals surface area (Å²) < 4.78 is 10.9. The summed E-state index contributed by atoms with van der Waals surface area (Å²) in [6.45, 7) is 1.70. The molecule has 132 valence electrons. The fourth-order valence-electron chi connectivity index (χ4n) is 2.76. The third-order valence-electron chi connectivity index (χ3n) is 4.05. The topological polar surface area (TPSA) is 65.5 Å². The summed E-state index contributed by atoms with van der Waals surface area (Å²) in [7, 11) is 1.31. The number of esters is 2. The molecule has 0 spiro atoms. The van der Waals surface area contributed by atoms with Gasteiger partial charge in [0.05, 0.1) is 29.4 Å². The van der Waals surface area contributed by atoms with Gasteiger partial charge in [0, 0.05) is 9.86 Å². The van der Waals surface area contributed by atoms with Gasteiger partial charge in [0.2, 0.25) is 0 Å². The second-order valence-corrected chi connectivity index (χ2v) is 6.48. The Morgan fingerprint density at radius 1 is 1.04 bits per heavy atom. The van der Waals surface area contributed by atoms with Crippen LogP contribution in [0.15, 0.2) is 53.0 Å². The molecule has 6 heteroatoms. The van der Waals surface area contributed by atoms with Crippen LogP contribution in [0.2, 0.25) is 0 Å². The third kappa shape index (κ3) is 3.46. The number of hydrogen-bond acceptors (Lipinski definition) is 5. The number of halogens is 1. The van der Waals surface area contributed by atoms with Crippen molar-refractivity contribution in [2.75, 3.05) is 7.11 Å². The van der Waals surface area contributed by atoms with Gasteiger partial charge >= 0.3 is 11.9 Å². The highest BCUT2D eigenvalue weighted by Crippen LogP contribution is 2.25. The molecule has 0 N–H and O–H groups in total. The van der Waals surface area contributed by atoms with Crippen LogP contribution in [-0.2, 0) is 16.1 Å². The summed E-state index contributed by atoms with van der Waals surface area (Å²) >= 11 is 3.33. The van der Waals surface area contributed by atoms with Gasteiger partial charge in [-0.1, -0.05) is 30.3 Å². The molecule has 0 aliphatic carbocycles. The number of methoxy groups -OCH3 is 1. The number of nitrogens with zero attached hydrogens (tertiary/aromatic N) is 1. The van der Waals surface area contributed by atoms with Crippen LogP contribution in [0.5, 0.6) is 0 Å². The van der Waals surface area contributed by atoms with Crippen molar-refractivity contribution in [1.29, 1.82) is 0 Å². The normalized spacial score (nSPS) is 10.6. The van der Waals surface area contributed by atoms with E-state index in [2.05, 4.69) is 20.9 Å². The molecular formula is C20H16BrNO4. The van der Waals surface area contributed by atoms with Crippen molar-refractivity contribution >= 4 is 38.8 Å². The molecule has 2 aromatic carbocycles. The molecular weight excluding hydrogens is 398 g/mol. The summed E-state index contributed by atoms with van der Waals surface area (Å²) in [5.74, 6) is -1.01. The maximum absolute atomic E-state index is 12.3. The molecule has 0 fully saturated rings. The largest absolute Gasteiger partial charge is 0.465 e. The molecule has 0 aliphatic rings. The lowest BCUT2D eigenvalue weighted by molar-refractivity contribution is 0.0454. The lowest BCUT2D eigenvalue weighted by Crippen LogP contribution is -2.14. The van der Waals surface area contributed by atoms with Gasteiger partial charge in [-0.15, -0.1) is 0 Å². The molecule has 0 atom stereocenters. The number of pyridine rings is 1. The summed E-state index contributed by atoms with van der Waals surface area (Å²) in [6.07, 6.45) is 0. The van der Waals surface area contributed by atoms with Gasteiger partial charge in [0.1, 0.15) is 6.61 Å². The molecule has 1 heterocycles. The summed E-state index contributed by atoms with van der Waals surface area (Å²) in [4.78, 5) is 29.1. The third-order valence-corrected chi connectivity index (χ3v) is 4.74. The first-order valence-electron chi connectivity index (χ1n) is 7.91.